The van der Waals surface area contributed by atoms with Crippen LogP contribution < -0.4 is 0 Å². The summed E-state index contributed by atoms with van der Waals surface area (Å²) >= 11 is 0. The average Bonchev–Trinajstić information content (AvgIpc) is 2.26. The molecular weight excluding hydrogens is 233 g/mol. The molecule has 0 saturated carbocycles. The smallest absolute Gasteiger partial charge is 0.423 e. The second-order valence-electron chi connectivity index (χ2n) is 3.19. The van der Waals surface area contributed by atoms with Gasteiger partial charge in [-0.05, 0) is 18.6 Å². The molecule has 1 aromatic carbocycles. The number of rotatable bonds is 3. The zero-order valence-electron chi connectivity index (χ0n) is 9.12. The van der Waals surface area contributed by atoms with E-state index in [1.807, 2.05) is 0 Å². The Balaban J connectivity index is 3.07. The molecule has 1 aromatic rings. The summed E-state index contributed by atoms with van der Waals surface area (Å²) in [5.41, 5.74) is -1.00. The lowest BCUT2D eigenvalue weighted by Crippen LogP contribution is -2.22. The third-order valence-electron chi connectivity index (χ3n) is 1.91. The van der Waals surface area contributed by atoms with Crippen LogP contribution in [0.15, 0.2) is 35.9 Å². The summed E-state index contributed by atoms with van der Waals surface area (Å²) in [6, 6.07) is 7.81. The van der Waals surface area contributed by atoms with Crippen LogP contribution in [0, 0.1) is 0 Å². The Labute approximate surface area is 96.7 Å². The van der Waals surface area contributed by atoms with Crippen molar-refractivity contribution in [2.45, 2.75) is 13.1 Å². The molecule has 0 aliphatic heterocycles. The third-order valence-corrected chi connectivity index (χ3v) is 1.91. The van der Waals surface area contributed by atoms with Gasteiger partial charge in [0.15, 0.2) is 0 Å². The first kappa shape index (κ1) is 13.3. The number of hydrogen-bond acceptors (Lipinski definition) is 2. The van der Waals surface area contributed by atoms with Crippen molar-refractivity contribution in [2.24, 2.45) is 0 Å². The molecule has 2 nitrogen and oxygen atoms in total. The lowest BCUT2D eigenvalue weighted by atomic mass is 10.1. The molecule has 0 aliphatic carbocycles. The molecule has 0 aromatic heterocycles. The zero-order chi connectivity index (χ0) is 12.9. The van der Waals surface area contributed by atoms with Crippen molar-refractivity contribution < 1.29 is 22.7 Å². The van der Waals surface area contributed by atoms with E-state index in [1.165, 1.54) is 19.1 Å². The number of halogens is 3. The van der Waals surface area contributed by atoms with Crippen molar-refractivity contribution in [3.8, 4) is 0 Å². The predicted molar refractivity (Wildman–Crippen MR) is 57.1 cm³/mol. The largest absolute Gasteiger partial charge is 0.462 e. The minimum Gasteiger partial charge on any atom is -0.462 e. The summed E-state index contributed by atoms with van der Waals surface area (Å²) in [6.07, 6.45) is -3.94. The Morgan fingerprint density at radius 1 is 1.29 bits per heavy atom. The fourth-order valence-corrected chi connectivity index (χ4v) is 1.18. The van der Waals surface area contributed by atoms with Crippen LogP contribution in [0.5, 0.6) is 0 Å². The van der Waals surface area contributed by atoms with Gasteiger partial charge in [0.2, 0.25) is 0 Å². The van der Waals surface area contributed by atoms with Crippen molar-refractivity contribution in [2.75, 3.05) is 6.61 Å². The summed E-state index contributed by atoms with van der Waals surface area (Å²) in [4.78, 5) is 11.2. The number of hydrogen-bond donors (Lipinski definition) is 0. The van der Waals surface area contributed by atoms with Gasteiger partial charge in [-0.15, -0.1) is 0 Å². The lowest BCUT2D eigenvalue weighted by Gasteiger charge is -2.10. The Morgan fingerprint density at radius 3 is 2.35 bits per heavy atom. The maximum absolute atomic E-state index is 12.6. The number of carbonyl (C=O) groups is 1. The van der Waals surface area contributed by atoms with Crippen molar-refractivity contribution in [1.82, 2.24) is 0 Å². The first-order valence-electron chi connectivity index (χ1n) is 4.96. The fraction of sp³-hybridized carbons (Fsp3) is 0.250. The van der Waals surface area contributed by atoms with Crippen molar-refractivity contribution >= 4 is 12.0 Å². The highest BCUT2D eigenvalue weighted by molar-refractivity contribution is 5.95. The molecule has 5 heteroatoms. The fourth-order valence-electron chi connectivity index (χ4n) is 1.18. The minimum absolute atomic E-state index is 0.0962. The molecular formula is C12H11F3O2. The van der Waals surface area contributed by atoms with Crippen LogP contribution in [-0.2, 0) is 9.53 Å². The molecule has 0 atom stereocenters. The number of esters is 1. The van der Waals surface area contributed by atoms with Gasteiger partial charge >= 0.3 is 12.1 Å². The average molecular weight is 244 g/mol. The van der Waals surface area contributed by atoms with Gasteiger partial charge in [-0.1, -0.05) is 30.3 Å². The molecule has 1 rings (SSSR count). The van der Waals surface area contributed by atoms with E-state index in [1.54, 1.807) is 18.2 Å². The third kappa shape index (κ3) is 3.94. The van der Waals surface area contributed by atoms with Gasteiger partial charge in [-0.3, -0.25) is 0 Å². The van der Waals surface area contributed by atoms with E-state index >= 15 is 0 Å². The highest BCUT2D eigenvalue weighted by Gasteiger charge is 2.39. The Morgan fingerprint density at radius 2 is 1.88 bits per heavy atom. The molecule has 0 amide bonds. The van der Waals surface area contributed by atoms with Crippen molar-refractivity contribution in [3.05, 3.63) is 41.5 Å². The summed E-state index contributed by atoms with van der Waals surface area (Å²) in [5, 5.41) is 0. The van der Waals surface area contributed by atoms with Gasteiger partial charge in [-0.25, -0.2) is 4.79 Å². The molecule has 0 heterocycles. The quantitative estimate of drug-likeness (QED) is 0.603. The van der Waals surface area contributed by atoms with E-state index in [4.69, 9.17) is 0 Å². The molecule has 0 aliphatic rings. The SMILES string of the molecule is CCOC(=O)/C(=C\c1ccccc1)C(F)(F)F. The molecule has 0 spiro atoms. The first-order valence-corrected chi connectivity index (χ1v) is 4.96. The lowest BCUT2D eigenvalue weighted by molar-refractivity contribution is -0.149. The van der Waals surface area contributed by atoms with E-state index in [9.17, 15) is 18.0 Å². The van der Waals surface area contributed by atoms with Gasteiger partial charge < -0.3 is 4.74 Å². The van der Waals surface area contributed by atoms with Crippen LogP contribution in [0.1, 0.15) is 12.5 Å². The number of carbonyl (C=O) groups excluding carboxylic acids is 1. The van der Waals surface area contributed by atoms with E-state index < -0.39 is 17.7 Å². The molecule has 0 saturated heterocycles. The van der Waals surface area contributed by atoms with E-state index in [0.29, 0.717) is 5.56 Å². The second-order valence-corrected chi connectivity index (χ2v) is 3.19. The van der Waals surface area contributed by atoms with Gasteiger partial charge in [0.25, 0.3) is 0 Å². The Kier molecular flexibility index (Phi) is 4.31. The van der Waals surface area contributed by atoms with Crippen molar-refractivity contribution in [1.29, 1.82) is 0 Å². The first-order chi connectivity index (χ1) is 7.95. The van der Waals surface area contributed by atoms with Crippen LogP contribution in [0.3, 0.4) is 0 Å². The topological polar surface area (TPSA) is 26.3 Å². The molecule has 0 radical (unpaired) electrons. The number of alkyl halides is 3. The van der Waals surface area contributed by atoms with Crippen LogP contribution >= 0.6 is 0 Å². The maximum Gasteiger partial charge on any atom is 0.423 e. The van der Waals surface area contributed by atoms with E-state index in [-0.39, 0.29) is 6.61 Å². The summed E-state index contributed by atoms with van der Waals surface area (Å²) in [5.74, 6) is -1.36. The van der Waals surface area contributed by atoms with Gasteiger partial charge in [0.1, 0.15) is 5.57 Å². The summed E-state index contributed by atoms with van der Waals surface area (Å²) < 4.78 is 42.2. The zero-order valence-corrected chi connectivity index (χ0v) is 9.12. The normalized spacial score (nSPS) is 12.4. The molecule has 92 valence electrons. The Hall–Kier alpha value is -1.78. The Bertz CT molecular complexity index is 408. The molecule has 0 bridgehead atoms. The van der Waals surface area contributed by atoms with Gasteiger partial charge in [0, 0.05) is 0 Å². The van der Waals surface area contributed by atoms with Crippen molar-refractivity contribution in [3.63, 3.8) is 0 Å². The van der Waals surface area contributed by atoms with Gasteiger partial charge in [-0.2, -0.15) is 13.2 Å². The summed E-state index contributed by atoms with van der Waals surface area (Å²) in [6.45, 7) is 1.36. The molecule has 0 unspecified atom stereocenters. The number of ether oxygens (including phenoxy) is 1. The maximum atomic E-state index is 12.6. The van der Waals surface area contributed by atoms with Crippen LogP contribution in [0.4, 0.5) is 13.2 Å². The van der Waals surface area contributed by atoms with E-state index in [2.05, 4.69) is 4.74 Å². The van der Waals surface area contributed by atoms with Crippen LogP contribution in [0.2, 0.25) is 0 Å². The monoisotopic (exact) mass is 244 g/mol. The van der Waals surface area contributed by atoms with Crippen LogP contribution in [-0.4, -0.2) is 18.8 Å². The summed E-state index contributed by atoms with van der Waals surface area (Å²) in [7, 11) is 0. The second kappa shape index (κ2) is 5.52. The highest BCUT2D eigenvalue weighted by atomic mass is 19.4. The standard InChI is InChI=1S/C12H11F3O2/c1-2-17-11(16)10(12(13,14)15)8-9-6-4-3-5-7-9/h3-8H,2H2,1H3/b10-8+. The highest BCUT2D eigenvalue weighted by Crippen LogP contribution is 2.28. The molecule has 17 heavy (non-hydrogen) atoms. The predicted octanol–water partition coefficient (Wildman–Crippen LogP) is 3.20. The molecule has 0 fully saturated rings. The van der Waals surface area contributed by atoms with Gasteiger partial charge in [0.05, 0.1) is 6.61 Å². The molecule has 0 N–H and O–H groups in total. The number of benzene rings is 1. The van der Waals surface area contributed by atoms with Crippen LogP contribution in [0.25, 0.3) is 6.08 Å². The van der Waals surface area contributed by atoms with E-state index in [0.717, 1.165) is 6.08 Å². The minimum atomic E-state index is -4.72.